The maximum Gasteiger partial charge on any atom is 0.137 e. The number of aliphatic hydroxyl groups is 1. The van der Waals surface area contributed by atoms with Gasteiger partial charge < -0.3 is 14.1 Å². The summed E-state index contributed by atoms with van der Waals surface area (Å²) in [6.45, 7) is 2.48. The molecule has 1 aliphatic rings. The maximum absolute atomic E-state index is 13.9. The van der Waals surface area contributed by atoms with E-state index in [0.717, 1.165) is 37.5 Å². The highest BCUT2D eigenvalue weighted by molar-refractivity contribution is 5.58. The van der Waals surface area contributed by atoms with E-state index in [1.165, 1.54) is 6.07 Å². The lowest BCUT2D eigenvalue weighted by molar-refractivity contribution is 0.0476. The number of rotatable bonds is 5. The average molecular weight is 369 g/mol. The van der Waals surface area contributed by atoms with Gasteiger partial charge in [-0.3, -0.25) is 4.90 Å². The number of furan rings is 1. The van der Waals surface area contributed by atoms with Crippen LogP contribution in [0.2, 0.25) is 0 Å². The van der Waals surface area contributed by atoms with Gasteiger partial charge in [-0.2, -0.15) is 0 Å². The Kier molecular flexibility index (Phi) is 5.09. The molecule has 1 fully saturated rings. The summed E-state index contributed by atoms with van der Waals surface area (Å²) < 4.78 is 21.6. The topological polar surface area (TPSA) is 54.4 Å². The SMILES string of the molecule is Cn1ccnc1[C@H](O)C1CCN(Cc2ccc(-c3ccccc3F)o2)CC1. The Bertz CT molecular complexity index is 896. The Morgan fingerprint density at radius 2 is 2.00 bits per heavy atom. The van der Waals surface area contributed by atoms with Crippen LogP contribution >= 0.6 is 0 Å². The minimum absolute atomic E-state index is 0.216. The quantitative estimate of drug-likeness (QED) is 0.744. The zero-order valence-corrected chi connectivity index (χ0v) is 15.4. The molecule has 0 bridgehead atoms. The van der Waals surface area contributed by atoms with Crippen LogP contribution in [0.25, 0.3) is 11.3 Å². The Morgan fingerprint density at radius 1 is 1.22 bits per heavy atom. The second-order valence-corrected chi connectivity index (χ2v) is 7.20. The summed E-state index contributed by atoms with van der Waals surface area (Å²) in [5.41, 5.74) is 0.487. The van der Waals surface area contributed by atoms with Gasteiger partial charge in [-0.25, -0.2) is 9.37 Å². The molecule has 142 valence electrons. The van der Waals surface area contributed by atoms with Gasteiger partial charge in [-0.15, -0.1) is 0 Å². The fourth-order valence-corrected chi connectivity index (χ4v) is 3.79. The van der Waals surface area contributed by atoms with Gasteiger partial charge in [0.2, 0.25) is 0 Å². The van der Waals surface area contributed by atoms with E-state index in [0.29, 0.717) is 17.9 Å². The molecule has 1 aromatic carbocycles. The molecule has 0 saturated carbocycles. The molecule has 2 aromatic heterocycles. The third kappa shape index (κ3) is 3.82. The molecule has 0 amide bonds. The Balaban J connectivity index is 1.35. The van der Waals surface area contributed by atoms with Crippen LogP contribution in [0.4, 0.5) is 4.39 Å². The molecule has 1 N–H and O–H groups in total. The van der Waals surface area contributed by atoms with Gasteiger partial charge in [-0.05, 0) is 56.1 Å². The first kappa shape index (κ1) is 17.9. The molecule has 0 radical (unpaired) electrons. The molecule has 4 rings (SSSR count). The lowest BCUT2D eigenvalue weighted by atomic mass is 9.90. The van der Waals surface area contributed by atoms with Crippen molar-refractivity contribution in [2.75, 3.05) is 13.1 Å². The number of hydrogen-bond acceptors (Lipinski definition) is 4. The average Bonchev–Trinajstić information content (AvgIpc) is 3.31. The minimum atomic E-state index is -0.525. The highest BCUT2D eigenvalue weighted by Crippen LogP contribution is 2.31. The molecule has 6 heteroatoms. The molecule has 3 heterocycles. The van der Waals surface area contributed by atoms with Crippen LogP contribution in [0.1, 0.15) is 30.5 Å². The molecule has 1 aliphatic heterocycles. The van der Waals surface area contributed by atoms with Crippen LogP contribution in [0.5, 0.6) is 0 Å². The van der Waals surface area contributed by atoms with Crippen molar-refractivity contribution in [1.82, 2.24) is 14.5 Å². The van der Waals surface area contributed by atoms with E-state index in [1.54, 1.807) is 24.4 Å². The van der Waals surface area contributed by atoms with E-state index >= 15 is 0 Å². The van der Waals surface area contributed by atoms with E-state index in [4.69, 9.17) is 4.42 Å². The van der Waals surface area contributed by atoms with Crippen molar-refractivity contribution in [2.45, 2.75) is 25.5 Å². The molecular formula is C21H24FN3O2. The highest BCUT2D eigenvalue weighted by Gasteiger charge is 2.28. The lowest BCUT2D eigenvalue weighted by Crippen LogP contribution is -2.35. The standard InChI is InChI=1S/C21H24FN3O2/c1-24-13-10-23-21(24)20(26)15-8-11-25(12-9-15)14-16-6-7-19(27-16)17-4-2-3-5-18(17)22/h2-7,10,13,15,20,26H,8-9,11-12,14H2,1H3/t20-/m1/s1. The van der Waals surface area contributed by atoms with Crippen molar-refractivity contribution in [3.05, 3.63) is 66.2 Å². The van der Waals surface area contributed by atoms with Gasteiger partial charge in [0.15, 0.2) is 0 Å². The smallest absolute Gasteiger partial charge is 0.137 e. The largest absolute Gasteiger partial charge is 0.460 e. The van der Waals surface area contributed by atoms with Crippen LogP contribution < -0.4 is 0 Å². The zero-order chi connectivity index (χ0) is 18.8. The van der Waals surface area contributed by atoms with Gasteiger partial charge in [-0.1, -0.05) is 12.1 Å². The first-order chi connectivity index (χ1) is 13.1. The number of imidazole rings is 1. The van der Waals surface area contributed by atoms with Crippen LogP contribution in [0.3, 0.4) is 0 Å². The summed E-state index contributed by atoms with van der Waals surface area (Å²) in [6.07, 6.45) is 4.88. The number of benzene rings is 1. The number of aliphatic hydroxyl groups excluding tert-OH is 1. The number of aryl methyl sites for hydroxylation is 1. The van der Waals surface area contributed by atoms with Crippen molar-refractivity contribution in [3.8, 4) is 11.3 Å². The summed E-state index contributed by atoms with van der Waals surface area (Å²) in [5, 5.41) is 10.6. The van der Waals surface area contributed by atoms with Gasteiger partial charge in [0.1, 0.15) is 29.3 Å². The normalized spacial score (nSPS) is 17.3. The predicted octanol–water partition coefficient (Wildman–Crippen LogP) is 3.76. The van der Waals surface area contributed by atoms with Gasteiger partial charge in [0.25, 0.3) is 0 Å². The molecule has 1 saturated heterocycles. The second kappa shape index (κ2) is 7.66. The lowest BCUT2D eigenvalue weighted by Gasteiger charge is -2.33. The Hall–Kier alpha value is -2.44. The molecule has 0 unspecified atom stereocenters. The second-order valence-electron chi connectivity index (χ2n) is 7.20. The van der Waals surface area contributed by atoms with Crippen molar-refractivity contribution >= 4 is 0 Å². The Labute approximate surface area is 158 Å². The van der Waals surface area contributed by atoms with Crippen molar-refractivity contribution < 1.29 is 13.9 Å². The van der Waals surface area contributed by atoms with Gasteiger partial charge in [0, 0.05) is 19.4 Å². The number of hydrogen-bond donors (Lipinski definition) is 1. The van der Waals surface area contributed by atoms with Crippen LogP contribution in [0.15, 0.2) is 53.2 Å². The van der Waals surface area contributed by atoms with Gasteiger partial charge in [0.05, 0.1) is 12.1 Å². The van der Waals surface area contributed by atoms with E-state index in [-0.39, 0.29) is 11.7 Å². The molecular weight excluding hydrogens is 345 g/mol. The van der Waals surface area contributed by atoms with Crippen LogP contribution in [-0.4, -0.2) is 32.6 Å². The summed E-state index contributed by atoms with van der Waals surface area (Å²) in [6, 6.07) is 10.4. The van der Waals surface area contributed by atoms with E-state index < -0.39 is 6.10 Å². The summed E-state index contributed by atoms with van der Waals surface area (Å²) in [7, 11) is 1.91. The third-order valence-corrected chi connectivity index (χ3v) is 5.38. The molecule has 1 atom stereocenters. The fourth-order valence-electron chi connectivity index (χ4n) is 3.79. The number of halogens is 1. The first-order valence-electron chi connectivity index (χ1n) is 9.33. The number of likely N-dealkylation sites (tertiary alicyclic amines) is 1. The maximum atomic E-state index is 13.9. The third-order valence-electron chi connectivity index (χ3n) is 5.38. The van der Waals surface area contributed by atoms with E-state index in [9.17, 15) is 9.50 Å². The number of nitrogens with zero attached hydrogens (tertiary/aromatic N) is 3. The van der Waals surface area contributed by atoms with E-state index in [2.05, 4.69) is 9.88 Å². The monoisotopic (exact) mass is 369 g/mol. The molecule has 27 heavy (non-hydrogen) atoms. The van der Waals surface area contributed by atoms with Crippen molar-refractivity contribution in [1.29, 1.82) is 0 Å². The fraction of sp³-hybridized carbons (Fsp3) is 0.381. The van der Waals surface area contributed by atoms with E-state index in [1.807, 2.05) is 29.9 Å². The van der Waals surface area contributed by atoms with Gasteiger partial charge >= 0.3 is 0 Å². The predicted molar refractivity (Wildman–Crippen MR) is 100 cm³/mol. The first-order valence-corrected chi connectivity index (χ1v) is 9.33. The number of piperidine rings is 1. The molecule has 0 spiro atoms. The minimum Gasteiger partial charge on any atom is -0.460 e. The van der Waals surface area contributed by atoms with Crippen molar-refractivity contribution in [2.24, 2.45) is 13.0 Å². The molecule has 3 aromatic rings. The van der Waals surface area contributed by atoms with Crippen LogP contribution in [-0.2, 0) is 13.6 Å². The Morgan fingerprint density at radius 3 is 2.70 bits per heavy atom. The summed E-state index contributed by atoms with van der Waals surface area (Å²) in [5.74, 6) is 2.06. The summed E-state index contributed by atoms with van der Waals surface area (Å²) in [4.78, 5) is 6.58. The molecule has 5 nitrogen and oxygen atoms in total. The molecule has 0 aliphatic carbocycles. The highest BCUT2D eigenvalue weighted by atomic mass is 19.1. The van der Waals surface area contributed by atoms with Crippen molar-refractivity contribution in [3.63, 3.8) is 0 Å². The van der Waals surface area contributed by atoms with Crippen LogP contribution in [0, 0.1) is 11.7 Å². The zero-order valence-electron chi connectivity index (χ0n) is 15.4. The number of aromatic nitrogens is 2. The summed E-state index contributed by atoms with van der Waals surface area (Å²) >= 11 is 0.